The van der Waals surface area contributed by atoms with Gasteiger partial charge in [-0.2, -0.15) is 0 Å². The van der Waals surface area contributed by atoms with E-state index in [0.717, 1.165) is 36.7 Å². The highest BCUT2D eigenvalue weighted by Gasteiger charge is 2.01. The van der Waals surface area contributed by atoms with E-state index in [4.69, 9.17) is 0 Å². The number of rotatable bonds is 6. The topological polar surface area (TPSA) is 49.3 Å². The van der Waals surface area contributed by atoms with Crippen LogP contribution in [0.5, 0.6) is 0 Å². The molecular weight excluding hydrogens is 303 g/mol. The van der Waals surface area contributed by atoms with Crippen molar-refractivity contribution in [3.8, 4) is 0 Å². The predicted molar refractivity (Wildman–Crippen MR) is 96.6 cm³/mol. The van der Waals surface area contributed by atoms with E-state index < -0.39 is 0 Å². The van der Waals surface area contributed by atoms with Crippen molar-refractivity contribution in [1.29, 1.82) is 0 Å². The Morgan fingerprint density at radius 3 is 2.58 bits per heavy atom. The van der Waals surface area contributed by atoms with Gasteiger partial charge in [-0.15, -0.1) is 0 Å². The Morgan fingerprint density at radius 1 is 1.12 bits per heavy atom. The zero-order chi connectivity index (χ0) is 17.4. The molecule has 24 heavy (non-hydrogen) atoms. The molecule has 0 saturated carbocycles. The highest BCUT2D eigenvalue weighted by atomic mass is 19.1. The van der Waals surface area contributed by atoms with E-state index >= 15 is 0 Å². The fourth-order valence-corrected chi connectivity index (χ4v) is 2.22. The third kappa shape index (κ3) is 5.65. The van der Waals surface area contributed by atoms with Crippen molar-refractivity contribution >= 4 is 5.96 Å². The van der Waals surface area contributed by atoms with E-state index in [-0.39, 0.29) is 5.82 Å². The molecule has 0 aliphatic rings. The molecule has 4 nitrogen and oxygen atoms in total. The first-order chi connectivity index (χ1) is 11.6. The molecule has 2 aromatic rings. The molecule has 0 fully saturated rings. The van der Waals surface area contributed by atoms with Crippen LogP contribution in [0.3, 0.4) is 0 Å². The molecule has 1 heterocycles. The Morgan fingerprint density at radius 2 is 1.92 bits per heavy atom. The van der Waals surface area contributed by atoms with Crippen LogP contribution in [-0.2, 0) is 13.0 Å². The second-order valence-electron chi connectivity index (χ2n) is 5.76. The lowest BCUT2D eigenvalue weighted by Gasteiger charge is -2.11. The second kappa shape index (κ2) is 9.01. The van der Waals surface area contributed by atoms with Gasteiger partial charge in [0.25, 0.3) is 0 Å². The van der Waals surface area contributed by atoms with E-state index in [2.05, 4.69) is 26.7 Å². The SMILES string of the molecule is CCNC(=NCc1ccc(C)c(F)c1)NCCc1ccc(C)nc1. The van der Waals surface area contributed by atoms with Crippen LogP contribution in [0.1, 0.15) is 29.3 Å². The number of halogens is 1. The number of nitrogens with one attached hydrogen (secondary N) is 2. The smallest absolute Gasteiger partial charge is 0.191 e. The Bertz CT molecular complexity index is 680. The molecule has 0 saturated heterocycles. The molecule has 0 spiro atoms. The molecule has 1 aromatic carbocycles. The first-order valence-corrected chi connectivity index (χ1v) is 8.27. The van der Waals surface area contributed by atoms with Gasteiger partial charge in [-0.25, -0.2) is 9.38 Å². The summed E-state index contributed by atoms with van der Waals surface area (Å²) in [5.41, 5.74) is 3.72. The molecular formula is C19H25FN4. The average Bonchev–Trinajstić information content (AvgIpc) is 2.57. The standard InChI is InChI=1S/C19H25FN4/c1-4-21-19(22-10-9-16-8-6-15(3)23-12-16)24-13-17-7-5-14(2)18(20)11-17/h5-8,11-12H,4,9-10,13H2,1-3H3,(H2,21,22,24). The van der Waals surface area contributed by atoms with E-state index in [9.17, 15) is 4.39 Å². The predicted octanol–water partition coefficient (Wildman–Crippen LogP) is 3.14. The summed E-state index contributed by atoms with van der Waals surface area (Å²) < 4.78 is 13.6. The van der Waals surface area contributed by atoms with Gasteiger partial charge in [-0.05, 0) is 56.0 Å². The molecule has 0 bridgehead atoms. The Kier molecular flexibility index (Phi) is 6.73. The first-order valence-electron chi connectivity index (χ1n) is 8.27. The minimum atomic E-state index is -0.187. The van der Waals surface area contributed by atoms with Gasteiger partial charge in [-0.3, -0.25) is 4.98 Å². The number of guanidine groups is 1. The molecule has 5 heteroatoms. The normalized spacial score (nSPS) is 11.4. The lowest BCUT2D eigenvalue weighted by molar-refractivity contribution is 0.616. The van der Waals surface area contributed by atoms with Gasteiger partial charge >= 0.3 is 0 Å². The highest BCUT2D eigenvalue weighted by molar-refractivity contribution is 5.79. The average molecular weight is 328 g/mol. The van der Waals surface area contributed by atoms with Gasteiger partial charge in [0, 0.05) is 25.0 Å². The molecule has 128 valence electrons. The van der Waals surface area contributed by atoms with Crippen LogP contribution in [0, 0.1) is 19.7 Å². The van der Waals surface area contributed by atoms with Crippen LogP contribution in [-0.4, -0.2) is 24.0 Å². The molecule has 0 unspecified atom stereocenters. The minimum absolute atomic E-state index is 0.187. The van der Waals surface area contributed by atoms with Crippen molar-refractivity contribution < 1.29 is 4.39 Å². The second-order valence-corrected chi connectivity index (χ2v) is 5.76. The lowest BCUT2D eigenvalue weighted by atomic mass is 10.1. The molecule has 1 aromatic heterocycles. The van der Waals surface area contributed by atoms with Crippen LogP contribution >= 0.6 is 0 Å². The molecule has 0 atom stereocenters. The monoisotopic (exact) mass is 328 g/mol. The van der Waals surface area contributed by atoms with Gasteiger partial charge in [0.15, 0.2) is 5.96 Å². The van der Waals surface area contributed by atoms with Gasteiger partial charge in [0.2, 0.25) is 0 Å². The maximum atomic E-state index is 13.6. The van der Waals surface area contributed by atoms with Crippen LogP contribution in [0.4, 0.5) is 4.39 Å². The number of benzene rings is 1. The number of hydrogen-bond donors (Lipinski definition) is 2. The lowest BCUT2D eigenvalue weighted by Crippen LogP contribution is -2.38. The largest absolute Gasteiger partial charge is 0.357 e. The van der Waals surface area contributed by atoms with Gasteiger partial charge < -0.3 is 10.6 Å². The van der Waals surface area contributed by atoms with E-state index in [0.29, 0.717) is 12.1 Å². The first kappa shape index (κ1) is 17.9. The molecule has 0 radical (unpaired) electrons. The van der Waals surface area contributed by atoms with Gasteiger partial charge in [0.1, 0.15) is 5.82 Å². The zero-order valence-electron chi connectivity index (χ0n) is 14.6. The number of pyridine rings is 1. The van der Waals surface area contributed by atoms with Crippen molar-refractivity contribution in [2.24, 2.45) is 4.99 Å². The van der Waals surface area contributed by atoms with Crippen molar-refractivity contribution in [3.63, 3.8) is 0 Å². The third-order valence-electron chi connectivity index (χ3n) is 3.68. The fraction of sp³-hybridized carbons (Fsp3) is 0.368. The Hall–Kier alpha value is -2.43. The number of hydrogen-bond acceptors (Lipinski definition) is 2. The van der Waals surface area contributed by atoms with Crippen molar-refractivity contribution in [1.82, 2.24) is 15.6 Å². The summed E-state index contributed by atoms with van der Waals surface area (Å²) in [7, 11) is 0. The summed E-state index contributed by atoms with van der Waals surface area (Å²) >= 11 is 0. The summed E-state index contributed by atoms with van der Waals surface area (Å²) in [5, 5.41) is 6.50. The van der Waals surface area contributed by atoms with E-state index in [1.54, 1.807) is 19.1 Å². The number of aryl methyl sites for hydroxylation is 2. The molecule has 2 rings (SSSR count). The van der Waals surface area contributed by atoms with Crippen molar-refractivity contribution in [3.05, 3.63) is 64.7 Å². The van der Waals surface area contributed by atoms with Gasteiger partial charge in [-0.1, -0.05) is 18.2 Å². The molecule has 0 aliphatic heterocycles. The quantitative estimate of drug-likeness (QED) is 0.633. The summed E-state index contributed by atoms with van der Waals surface area (Å²) in [6.45, 7) is 7.74. The summed E-state index contributed by atoms with van der Waals surface area (Å²) in [5.74, 6) is 0.547. The number of aliphatic imine (C=N–C) groups is 1. The van der Waals surface area contributed by atoms with Crippen LogP contribution in [0.15, 0.2) is 41.5 Å². The van der Waals surface area contributed by atoms with E-state index in [1.807, 2.05) is 32.2 Å². The van der Waals surface area contributed by atoms with E-state index in [1.165, 1.54) is 5.56 Å². The van der Waals surface area contributed by atoms with Crippen molar-refractivity contribution in [2.75, 3.05) is 13.1 Å². The molecule has 0 amide bonds. The number of nitrogens with zero attached hydrogens (tertiary/aromatic N) is 2. The van der Waals surface area contributed by atoms with Crippen LogP contribution in [0.2, 0.25) is 0 Å². The fourth-order valence-electron chi connectivity index (χ4n) is 2.22. The minimum Gasteiger partial charge on any atom is -0.357 e. The Labute approximate surface area is 143 Å². The summed E-state index contributed by atoms with van der Waals surface area (Å²) in [4.78, 5) is 8.81. The third-order valence-corrected chi connectivity index (χ3v) is 3.68. The summed E-state index contributed by atoms with van der Waals surface area (Å²) in [6.07, 6.45) is 2.77. The number of aromatic nitrogens is 1. The van der Waals surface area contributed by atoms with Crippen LogP contribution in [0.25, 0.3) is 0 Å². The Balaban J connectivity index is 1.90. The molecule has 2 N–H and O–H groups in total. The van der Waals surface area contributed by atoms with Gasteiger partial charge in [0.05, 0.1) is 6.54 Å². The summed E-state index contributed by atoms with van der Waals surface area (Å²) in [6, 6.07) is 9.33. The van der Waals surface area contributed by atoms with Crippen molar-refractivity contribution in [2.45, 2.75) is 33.7 Å². The maximum Gasteiger partial charge on any atom is 0.191 e. The zero-order valence-corrected chi connectivity index (χ0v) is 14.6. The highest BCUT2D eigenvalue weighted by Crippen LogP contribution is 2.10. The maximum absolute atomic E-state index is 13.6. The molecule has 0 aliphatic carbocycles. The van der Waals surface area contributed by atoms with Crippen LogP contribution < -0.4 is 10.6 Å².